The molecule has 33 heavy (non-hydrogen) atoms. The number of methoxy groups -OCH3 is 1. The van der Waals surface area contributed by atoms with Crippen molar-refractivity contribution < 1.29 is 14.3 Å². The van der Waals surface area contributed by atoms with E-state index in [9.17, 15) is 9.59 Å². The third-order valence-electron chi connectivity index (χ3n) is 6.37. The number of anilines is 1. The molecule has 0 fully saturated rings. The van der Waals surface area contributed by atoms with Gasteiger partial charge < -0.3 is 9.64 Å². The Hall–Kier alpha value is -3.86. The molecular formula is C28H26N2O3. The number of carbonyl (C=O) groups is 2. The van der Waals surface area contributed by atoms with Gasteiger partial charge in [0.15, 0.2) is 0 Å². The van der Waals surface area contributed by atoms with Crippen molar-refractivity contribution in [2.45, 2.75) is 19.3 Å². The molecule has 0 saturated heterocycles. The van der Waals surface area contributed by atoms with Gasteiger partial charge in [-0.2, -0.15) is 0 Å². The zero-order chi connectivity index (χ0) is 22.8. The molecule has 0 radical (unpaired) electrons. The van der Waals surface area contributed by atoms with E-state index < -0.39 is 0 Å². The molecule has 0 atom stereocenters. The first-order valence-corrected chi connectivity index (χ1v) is 11.3. The van der Waals surface area contributed by atoms with Gasteiger partial charge in [0.2, 0.25) is 0 Å². The monoisotopic (exact) mass is 438 g/mol. The van der Waals surface area contributed by atoms with Crippen molar-refractivity contribution in [1.29, 1.82) is 0 Å². The quantitative estimate of drug-likeness (QED) is 0.533. The minimum Gasteiger partial charge on any atom is -0.497 e. The number of carbonyl (C=O) groups excluding carboxylic acids is 2. The van der Waals surface area contributed by atoms with Gasteiger partial charge in [0.25, 0.3) is 11.8 Å². The van der Waals surface area contributed by atoms with Crippen LogP contribution in [-0.2, 0) is 22.4 Å². The predicted molar refractivity (Wildman–Crippen MR) is 129 cm³/mol. The van der Waals surface area contributed by atoms with Crippen LogP contribution in [0.5, 0.6) is 5.75 Å². The fourth-order valence-electron chi connectivity index (χ4n) is 4.68. The van der Waals surface area contributed by atoms with E-state index in [4.69, 9.17) is 4.74 Å². The summed E-state index contributed by atoms with van der Waals surface area (Å²) in [4.78, 5) is 30.8. The molecule has 3 aromatic carbocycles. The summed E-state index contributed by atoms with van der Waals surface area (Å²) in [5, 5.41) is 0. The first-order valence-electron chi connectivity index (χ1n) is 11.3. The highest BCUT2D eigenvalue weighted by Crippen LogP contribution is 2.37. The summed E-state index contributed by atoms with van der Waals surface area (Å²) in [6, 6.07) is 25.4. The second-order valence-corrected chi connectivity index (χ2v) is 8.33. The Kier molecular flexibility index (Phi) is 5.69. The number of hydrogen-bond acceptors (Lipinski definition) is 4. The maximum Gasteiger partial charge on any atom is 0.278 e. The maximum absolute atomic E-state index is 13.7. The number of ether oxygens (including phenoxy) is 1. The van der Waals surface area contributed by atoms with Gasteiger partial charge in [0, 0.05) is 18.8 Å². The second-order valence-electron chi connectivity index (χ2n) is 8.33. The molecule has 0 spiro atoms. The van der Waals surface area contributed by atoms with Crippen LogP contribution < -0.4 is 9.64 Å². The summed E-state index contributed by atoms with van der Waals surface area (Å²) in [5.74, 6) is 0.341. The van der Waals surface area contributed by atoms with Gasteiger partial charge >= 0.3 is 0 Å². The summed E-state index contributed by atoms with van der Waals surface area (Å²) >= 11 is 0. The summed E-state index contributed by atoms with van der Waals surface area (Å²) in [7, 11) is 1.63. The van der Waals surface area contributed by atoms with Crippen LogP contribution in [0.25, 0.3) is 5.57 Å². The molecule has 0 N–H and O–H groups in total. The number of para-hydroxylation sites is 1. The third-order valence-corrected chi connectivity index (χ3v) is 6.37. The highest BCUT2D eigenvalue weighted by molar-refractivity contribution is 6.36. The van der Waals surface area contributed by atoms with Crippen molar-refractivity contribution >= 4 is 23.1 Å². The molecule has 2 amide bonds. The summed E-state index contributed by atoms with van der Waals surface area (Å²) in [6.07, 6.45) is 2.51. The number of aryl methyl sites for hydroxylation is 1. The molecule has 5 nitrogen and oxygen atoms in total. The summed E-state index contributed by atoms with van der Waals surface area (Å²) in [6.45, 7) is 1.05. The molecule has 2 aliphatic rings. The van der Waals surface area contributed by atoms with Crippen molar-refractivity contribution in [3.8, 4) is 5.75 Å². The second kappa shape index (κ2) is 8.94. The molecule has 0 aromatic heterocycles. The van der Waals surface area contributed by atoms with E-state index in [0.717, 1.165) is 35.4 Å². The lowest BCUT2D eigenvalue weighted by Gasteiger charge is -2.32. The van der Waals surface area contributed by atoms with Crippen LogP contribution in [-0.4, -0.2) is 36.9 Å². The number of imide groups is 1. The third kappa shape index (κ3) is 3.91. The van der Waals surface area contributed by atoms with Crippen LogP contribution in [0.15, 0.2) is 84.6 Å². The molecule has 0 saturated carbocycles. The first kappa shape index (κ1) is 21.0. The van der Waals surface area contributed by atoms with Crippen molar-refractivity contribution in [3.05, 3.63) is 101 Å². The van der Waals surface area contributed by atoms with Crippen molar-refractivity contribution in [2.24, 2.45) is 0 Å². The van der Waals surface area contributed by atoms with Crippen molar-refractivity contribution in [1.82, 2.24) is 4.90 Å². The lowest BCUT2D eigenvalue weighted by molar-refractivity contribution is -0.136. The molecule has 2 heterocycles. The average Bonchev–Trinajstić information content (AvgIpc) is 3.12. The standard InChI is InChI=1S/C28H26N2O3/c1-33-23-15-13-20(14-16-23)17-19-30-27(31)25(22-9-3-2-4-10-22)26(28(30)32)29-18-7-11-21-8-5-6-12-24(21)29/h2-6,8-10,12-16H,7,11,17-19H2,1H3. The lowest BCUT2D eigenvalue weighted by atomic mass is 9.98. The van der Waals surface area contributed by atoms with Gasteiger partial charge in [0.1, 0.15) is 11.4 Å². The number of rotatable bonds is 6. The normalized spacial score (nSPS) is 15.8. The van der Waals surface area contributed by atoms with Gasteiger partial charge in [-0.05, 0) is 54.2 Å². The predicted octanol–water partition coefficient (Wildman–Crippen LogP) is 4.47. The van der Waals surface area contributed by atoms with Crippen molar-refractivity contribution in [2.75, 3.05) is 25.1 Å². The van der Waals surface area contributed by atoms with E-state index in [1.54, 1.807) is 7.11 Å². The van der Waals surface area contributed by atoms with E-state index in [2.05, 4.69) is 11.0 Å². The zero-order valence-electron chi connectivity index (χ0n) is 18.7. The lowest BCUT2D eigenvalue weighted by Crippen LogP contribution is -2.38. The van der Waals surface area contributed by atoms with Crippen LogP contribution in [0.1, 0.15) is 23.1 Å². The van der Waals surface area contributed by atoms with E-state index in [1.165, 1.54) is 10.5 Å². The molecule has 0 unspecified atom stereocenters. The van der Waals surface area contributed by atoms with Crippen LogP contribution in [0.2, 0.25) is 0 Å². The van der Waals surface area contributed by atoms with Gasteiger partial charge in [-0.1, -0.05) is 60.7 Å². The fourth-order valence-corrected chi connectivity index (χ4v) is 4.68. The van der Waals surface area contributed by atoms with E-state index in [-0.39, 0.29) is 11.8 Å². The van der Waals surface area contributed by atoms with Gasteiger partial charge in [-0.15, -0.1) is 0 Å². The van der Waals surface area contributed by atoms with Crippen LogP contribution >= 0.6 is 0 Å². The molecule has 0 aliphatic carbocycles. The topological polar surface area (TPSA) is 49.9 Å². The molecule has 0 bridgehead atoms. The molecule has 5 rings (SSSR count). The number of nitrogens with zero attached hydrogens (tertiary/aromatic N) is 2. The van der Waals surface area contributed by atoms with Gasteiger partial charge in [-0.3, -0.25) is 14.5 Å². The molecule has 3 aromatic rings. The van der Waals surface area contributed by atoms with E-state index in [0.29, 0.717) is 30.8 Å². The molecule has 166 valence electrons. The smallest absolute Gasteiger partial charge is 0.278 e. The number of hydrogen-bond donors (Lipinski definition) is 0. The Balaban J connectivity index is 1.50. The maximum atomic E-state index is 13.7. The molecule has 5 heteroatoms. The fraction of sp³-hybridized carbons (Fsp3) is 0.214. The van der Waals surface area contributed by atoms with E-state index in [1.807, 2.05) is 72.8 Å². The van der Waals surface area contributed by atoms with Crippen LogP contribution in [0, 0.1) is 0 Å². The average molecular weight is 439 g/mol. The van der Waals surface area contributed by atoms with Gasteiger partial charge in [0.05, 0.1) is 12.7 Å². The first-order chi connectivity index (χ1) is 16.2. The minimum absolute atomic E-state index is 0.218. The van der Waals surface area contributed by atoms with E-state index >= 15 is 0 Å². The van der Waals surface area contributed by atoms with Gasteiger partial charge in [-0.25, -0.2) is 0 Å². The Morgan fingerprint density at radius 1 is 0.848 bits per heavy atom. The SMILES string of the molecule is COc1ccc(CCN2C(=O)C(c3ccccc3)=C(N3CCCc4ccccc43)C2=O)cc1. The van der Waals surface area contributed by atoms with Crippen LogP contribution in [0.3, 0.4) is 0 Å². The summed E-state index contributed by atoms with van der Waals surface area (Å²) in [5.41, 5.74) is 5.04. The molecular weight excluding hydrogens is 412 g/mol. The highest BCUT2D eigenvalue weighted by atomic mass is 16.5. The Labute approximate surface area is 193 Å². The largest absolute Gasteiger partial charge is 0.497 e. The Morgan fingerprint density at radius 3 is 2.33 bits per heavy atom. The Morgan fingerprint density at radius 2 is 1.58 bits per heavy atom. The minimum atomic E-state index is -0.224. The Bertz CT molecular complexity index is 1220. The molecule has 2 aliphatic heterocycles. The number of amides is 2. The summed E-state index contributed by atoms with van der Waals surface area (Å²) < 4.78 is 5.22. The number of fused-ring (bicyclic) bond motifs is 1. The number of benzene rings is 3. The van der Waals surface area contributed by atoms with Crippen LogP contribution in [0.4, 0.5) is 5.69 Å². The van der Waals surface area contributed by atoms with Crippen molar-refractivity contribution in [3.63, 3.8) is 0 Å². The highest BCUT2D eigenvalue weighted by Gasteiger charge is 2.42. The zero-order valence-corrected chi connectivity index (χ0v) is 18.7.